The fraction of sp³-hybridized carbons (Fsp3) is 0.562. The average molecular weight is 274 g/mol. The molecule has 2 aliphatic rings. The molecule has 0 saturated carbocycles. The Hall–Kier alpha value is -1.39. The van der Waals surface area contributed by atoms with Crippen molar-refractivity contribution in [3.8, 4) is 0 Å². The van der Waals surface area contributed by atoms with E-state index in [1.807, 2.05) is 24.0 Å². The van der Waals surface area contributed by atoms with Crippen molar-refractivity contribution in [1.82, 2.24) is 10.2 Å². The van der Waals surface area contributed by atoms with E-state index >= 15 is 0 Å². The van der Waals surface area contributed by atoms with Gasteiger partial charge in [-0.1, -0.05) is 31.2 Å². The first kappa shape index (κ1) is 13.6. The van der Waals surface area contributed by atoms with Gasteiger partial charge >= 0.3 is 0 Å². The molecule has 20 heavy (non-hydrogen) atoms. The standard InChI is InChI=1S/C16H22N2O2/c1-11-10-18(7-6-15(11)19)16(20)14-9-17-8-12-4-2-3-5-13(12)14/h2-5,11,14-15,17,19H,6-10H2,1H3. The van der Waals surface area contributed by atoms with Gasteiger partial charge < -0.3 is 15.3 Å². The third kappa shape index (κ3) is 2.45. The Labute approximate surface area is 119 Å². The van der Waals surface area contributed by atoms with Crippen LogP contribution < -0.4 is 5.32 Å². The first-order chi connectivity index (χ1) is 9.66. The molecule has 1 aromatic rings. The number of piperidine rings is 1. The molecule has 2 N–H and O–H groups in total. The van der Waals surface area contributed by atoms with Crippen molar-refractivity contribution in [2.75, 3.05) is 19.6 Å². The van der Waals surface area contributed by atoms with Crippen LogP contribution in [0.1, 0.15) is 30.4 Å². The van der Waals surface area contributed by atoms with Gasteiger partial charge in [0.2, 0.25) is 5.91 Å². The first-order valence-electron chi connectivity index (χ1n) is 7.42. The molecule has 4 nitrogen and oxygen atoms in total. The van der Waals surface area contributed by atoms with Gasteiger partial charge in [0.1, 0.15) is 0 Å². The smallest absolute Gasteiger partial charge is 0.231 e. The summed E-state index contributed by atoms with van der Waals surface area (Å²) in [6.07, 6.45) is 0.421. The van der Waals surface area contributed by atoms with Crippen LogP contribution in [0.3, 0.4) is 0 Å². The van der Waals surface area contributed by atoms with Gasteiger partial charge in [0.15, 0.2) is 0 Å². The zero-order valence-electron chi connectivity index (χ0n) is 11.9. The lowest BCUT2D eigenvalue weighted by Gasteiger charge is -2.37. The molecule has 1 fully saturated rings. The topological polar surface area (TPSA) is 52.6 Å². The molecule has 4 heteroatoms. The summed E-state index contributed by atoms with van der Waals surface area (Å²) in [6, 6.07) is 8.19. The van der Waals surface area contributed by atoms with Crippen LogP contribution in [0.5, 0.6) is 0 Å². The van der Waals surface area contributed by atoms with Gasteiger partial charge in [0.25, 0.3) is 0 Å². The molecule has 2 aliphatic heterocycles. The zero-order chi connectivity index (χ0) is 14.1. The number of nitrogens with one attached hydrogen (secondary N) is 1. The van der Waals surface area contributed by atoms with E-state index in [9.17, 15) is 9.90 Å². The number of nitrogens with zero attached hydrogens (tertiary/aromatic N) is 1. The van der Waals surface area contributed by atoms with Crippen LogP contribution in [0.4, 0.5) is 0 Å². The SMILES string of the molecule is CC1CN(C(=O)C2CNCc3ccccc32)CCC1O. The molecule has 0 bridgehead atoms. The number of fused-ring (bicyclic) bond motifs is 1. The van der Waals surface area contributed by atoms with Crippen molar-refractivity contribution in [3.05, 3.63) is 35.4 Å². The number of aliphatic hydroxyl groups excluding tert-OH is 1. The number of likely N-dealkylation sites (tertiary alicyclic amines) is 1. The van der Waals surface area contributed by atoms with Crippen molar-refractivity contribution in [2.24, 2.45) is 5.92 Å². The summed E-state index contributed by atoms with van der Waals surface area (Å²) in [4.78, 5) is 14.7. The molecule has 0 radical (unpaired) electrons. The summed E-state index contributed by atoms with van der Waals surface area (Å²) in [5.74, 6) is 0.283. The fourth-order valence-corrected chi connectivity index (χ4v) is 3.27. The predicted molar refractivity (Wildman–Crippen MR) is 77.3 cm³/mol. The van der Waals surface area contributed by atoms with E-state index in [1.165, 1.54) is 5.56 Å². The highest BCUT2D eigenvalue weighted by molar-refractivity contribution is 5.85. The summed E-state index contributed by atoms with van der Waals surface area (Å²) in [5.41, 5.74) is 2.39. The predicted octanol–water partition coefficient (Wildman–Crippen LogP) is 1.10. The molecule has 0 aliphatic carbocycles. The molecule has 1 amide bonds. The maximum Gasteiger partial charge on any atom is 0.231 e. The third-order valence-corrected chi connectivity index (χ3v) is 4.56. The second-order valence-electron chi connectivity index (χ2n) is 6.00. The van der Waals surface area contributed by atoms with Crippen LogP contribution in [0, 0.1) is 5.92 Å². The summed E-state index contributed by atoms with van der Waals surface area (Å²) < 4.78 is 0. The fourth-order valence-electron chi connectivity index (χ4n) is 3.27. The van der Waals surface area contributed by atoms with Crippen molar-refractivity contribution >= 4 is 5.91 Å². The van der Waals surface area contributed by atoms with Gasteiger partial charge in [-0.15, -0.1) is 0 Å². The number of hydrogen-bond acceptors (Lipinski definition) is 3. The van der Waals surface area contributed by atoms with Crippen LogP contribution in [0.2, 0.25) is 0 Å². The molecular weight excluding hydrogens is 252 g/mol. The Morgan fingerprint density at radius 3 is 3.00 bits per heavy atom. The lowest BCUT2D eigenvalue weighted by molar-refractivity contribution is -0.136. The lowest BCUT2D eigenvalue weighted by atomic mass is 9.88. The van der Waals surface area contributed by atoms with Gasteiger partial charge in [0.05, 0.1) is 12.0 Å². The lowest BCUT2D eigenvalue weighted by Crippen LogP contribution is -2.48. The molecule has 3 atom stereocenters. The molecule has 108 valence electrons. The van der Waals surface area contributed by atoms with Crippen molar-refractivity contribution < 1.29 is 9.90 Å². The van der Waals surface area contributed by atoms with Crippen molar-refractivity contribution in [2.45, 2.75) is 31.9 Å². The van der Waals surface area contributed by atoms with Gasteiger partial charge in [-0.2, -0.15) is 0 Å². The Morgan fingerprint density at radius 1 is 1.40 bits per heavy atom. The van der Waals surface area contributed by atoms with Crippen molar-refractivity contribution in [3.63, 3.8) is 0 Å². The molecule has 3 rings (SSSR count). The summed E-state index contributed by atoms with van der Waals surface area (Å²) in [7, 11) is 0. The van der Waals surface area contributed by atoms with Crippen LogP contribution in [-0.4, -0.2) is 41.7 Å². The Kier molecular flexibility index (Phi) is 3.76. The maximum atomic E-state index is 12.8. The van der Waals surface area contributed by atoms with E-state index in [2.05, 4.69) is 17.4 Å². The van der Waals surface area contributed by atoms with E-state index in [0.717, 1.165) is 12.1 Å². The first-order valence-corrected chi connectivity index (χ1v) is 7.42. The zero-order valence-corrected chi connectivity index (χ0v) is 11.9. The second kappa shape index (κ2) is 5.54. The van der Waals surface area contributed by atoms with Gasteiger partial charge in [-0.25, -0.2) is 0 Å². The normalized spacial score (nSPS) is 29.9. The number of benzene rings is 1. The average Bonchev–Trinajstić information content (AvgIpc) is 2.49. The maximum absolute atomic E-state index is 12.8. The van der Waals surface area contributed by atoms with Crippen molar-refractivity contribution in [1.29, 1.82) is 0 Å². The number of carbonyl (C=O) groups is 1. The monoisotopic (exact) mass is 274 g/mol. The van der Waals surface area contributed by atoms with E-state index in [0.29, 0.717) is 26.1 Å². The second-order valence-corrected chi connectivity index (χ2v) is 6.00. The van der Waals surface area contributed by atoms with E-state index in [4.69, 9.17) is 0 Å². The Bertz CT molecular complexity index is 503. The Morgan fingerprint density at radius 2 is 2.20 bits per heavy atom. The molecule has 3 unspecified atom stereocenters. The van der Waals surface area contributed by atoms with Gasteiger partial charge in [-0.05, 0) is 23.5 Å². The minimum Gasteiger partial charge on any atom is -0.393 e. The highest BCUT2D eigenvalue weighted by Crippen LogP contribution is 2.27. The van der Waals surface area contributed by atoms with Crippen LogP contribution in [0.15, 0.2) is 24.3 Å². The number of amides is 1. The number of carbonyl (C=O) groups excluding carboxylic acids is 1. The van der Waals surface area contributed by atoms with Crippen LogP contribution in [0.25, 0.3) is 0 Å². The highest BCUT2D eigenvalue weighted by atomic mass is 16.3. The highest BCUT2D eigenvalue weighted by Gasteiger charge is 2.33. The van der Waals surface area contributed by atoms with E-state index < -0.39 is 0 Å². The molecule has 0 spiro atoms. The van der Waals surface area contributed by atoms with E-state index in [-0.39, 0.29) is 23.8 Å². The minimum atomic E-state index is -0.268. The quantitative estimate of drug-likeness (QED) is 0.806. The van der Waals surface area contributed by atoms with Gasteiger partial charge in [-0.3, -0.25) is 4.79 Å². The largest absolute Gasteiger partial charge is 0.393 e. The molecular formula is C16H22N2O2. The summed E-state index contributed by atoms with van der Waals surface area (Å²) in [6.45, 7) is 4.90. The van der Waals surface area contributed by atoms with Crippen LogP contribution in [-0.2, 0) is 11.3 Å². The number of rotatable bonds is 1. The van der Waals surface area contributed by atoms with E-state index in [1.54, 1.807) is 0 Å². The Balaban J connectivity index is 1.78. The number of hydrogen-bond donors (Lipinski definition) is 2. The summed E-state index contributed by atoms with van der Waals surface area (Å²) >= 11 is 0. The molecule has 1 aromatic carbocycles. The molecule has 2 heterocycles. The molecule has 1 saturated heterocycles. The molecule has 0 aromatic heterocycles. The van der Waals surface area contributed by atoms with Crippen LogP contribution >= 0.6 is 0 Å². The summed E-state index contributed by atoms with van der Waals surface area (Å²) in [5, 5.41) is 13.1. The minimum absolute atomic E-state index is 0.0811. The van der Waals surface area contributed by atoms with Gasteiger partial charge in [0, 0.05) is 26.2 Å². The number of aliphatic hydroxyl groups is 1. The third-order valence-electron chi connectivity index (χ3n) is 4.56.